The fourth-order valence-corrected chi connectivity index (χ4v) is 1.94. The highest BCUT2D eigenvalue weighted by Gasteiger charge is 2.12. The van der Waals surface area contributed by atoms with Crippen molar-refractivity contribution in [1.29, 1.82) is 0 Å². The summed E-state index contributed by atoms with van der Waals surface area (Å²) in [6, 6.07) is 7.64. The molecule has 0 spiro atoms. The van der Waals surface area contributed by atoms with E-state index in [1.807, 2.05) is 24.3 Å². The van der Waals surface area contributed by atoms with Crippen molar-refractivity contribution in [3.05, 3.63) is 29.8 Å². The molecule has 0 fully saturated rings. The number of likely N-dealkylation sites (N-methyl/N-ethyl adjacent to an activating group) is 1. The molecule has 0 aliphatic heterocycles. The second-order valence-corrected chi connectivity index (χ2v) is 4.54. The van der Waals surface area contributed by atoms with Gasteiger partial charge < -0.3 is 14.7 Å². The summed E-state index contributed by atoms with van der Waals surface area (Å²) in [7, 11) is 1.65. The van der Waals surface area contributed by atoms with Gasteiger partial charge in [0.2, 0.25) is 0 Å². The molecule has 1 N–H and O–H groups in total. The van der Waals surface area contributed by atoms with Gasteiger partial charge in [-0.05, 0) is 37.2 Å². The van der Waals surface area contributed by atoms with Gasteiger partial charge in [0.05, 0.1) is 13.2 Å². The zero-order valence-corrected chi connectivity index (χ0v) is 11.7. The number of unbranched alkanes of at least 4 members (excludes halogenated alkanes) is 1. The highest BCUT2D eigenvalue weighted by atomic mass is 16.5. The predicted molar refractivity (Wildman–Crippen MR) is 75.0 cm³/mol. The molecule has 0 aromatic heterocycles. The number of hydrogen-bond acceptors (Lipinski definition) is 3. The van der Waals surface area contributed by atoms with E-state index in [9.17, 15) is 5.11 Å². The van der Waals surface area contributed by atoms with Crippen LogP contribution in [0.3, 0.4) is 0 Å². The van der Waals surface area contributed by atoms with Crippen molar-refractivity contribution in [2.24, 2.45) is 0 Å². The van der Waals surface area contributed by atoms with Crippen LogP contribution >= 0.6 is 0 Å². The van der Waals surface area contributed by atoms with Crippen molar-refractivity contribution >= 4 is 0 Å². The van der Waals surface area contributed by atoms with Crippen LogP contribution in [0.2, 0.25) is 0 Å². The molecule has 3 heteroatoms. The van der Waals surface area contributed by atoms with Crippen LogP contribution in [0.15, 0.2) is 24.3 Å². The second-order valence-electron chi connectivity index (χ2n) is 4.54. The Bertz CT molecular complexity index is 324. The SMILES string of the molecule is CCCCN(CC)CC(O)c1ccc(OC)cc1. The van der Waals surface area contributed by atoms with E-state index in [0.29, 0.717) is 6.54 Å². The van der Waals surface area contributed by atoms with Crippen molar-refractivity contribution in [2.75, 3.05) is 26.7 Å². The normalized spacial score (nSPS) is 12.7. The first-order valence-electron chi connectivity index (χ1n) is 6.75. The zero-order valence-electron chi connectivity index (χ0n) is 11.7. The first-order chi connectivity index (χ1) is 8.71. The van der Waals surface area contributed by atoms with Gasteiger partial charge in [0.25, 0.3) is 0 Å². The Hall–Kier alpha value is -1.06. The van der Waals surface area contributed by atoms with E-state index in [-0.39, 0.29) is 0 Å². The number of rotatable bonds is 8. The molecule has 1 unspecified atom stereocenters. The van der Waals surface area contributed by atoms with Crippen LogP contribution in [0.1, 0.15) is 38.4 Å². The summed E-state index contributed by atoms with van der Waals surface area (Å²) in [5, 5.41) is 10.2. The van der Waals surface area contributed by atoms with E-state index in [4.69, 9.17) is 4.74 Å². The minimum absolute atomic E-state index is 0.423. The van der Waals surface area contributed by atoms with Gasteiger partial charge in [0.15, 0.2) is 0 Å². The Kier molecular flexibility index (Phi) is 6.76. The third-order valence-corrected chi connectivity index (χ3v) is 3.21. The summed E-state index contributed by atoms with van der Waals surface area (Å²) in [6.45, 7) is 7.06. The molecule has 0 aliphatic rings. The predicted octanol–water partition coefficient (Wildman–Crippen LogP) is 2.85. The van der Waals surface area contributed by atoms with Crippen molar-refractivity contribution in [3.8, 4) is 5.75 Å². The molecule has 1 rings (SSSR count). The van der Waals surface area contributed by atoms with E-state index < -0.39 is 6.10 Å². The van der Waals surface area contributed by atoms with Crippen LogP contribution in [0, 0.1) is 0 Å². The lowest BCUT2D eigenvalue weighted by Crippen LogP contribution is -2.29. The first kappa shape index (κ1) is 15.0. The standard InChI is InChI=1S/C15H25NO2/c1-4-6-11-16(5-2)12-15(17)13-7-9-14(18-3)10-8-13/h7-10,15,17H,4-6,11-12H2,1-3H3. The summed E-state index contributed by atoms with van der Waals surface area (Å²) in [5.41, 5.74) is 0.950. The van der Waals surface area contributed by atoms with E-state index in [0.717, 1.165) is 24.4 Å². The van der Waals surface area contributed by atoms with Crippen molar-refractivity contribution in [2.45, 2.75) is 32.8 Å². The lowest BCUT2D eigenvalue weighted by molar-refractivity contribution is 0.115. The van der Waals surface area contributed by atoms with Crippen LogP contribution in [-0.2, 0) is 0 Å². The van der Waals surface area contributed by atoms with Crippen LogP contribution in [0.4, 0.5) is 0 Å². The smallest absolute Gasteiger partial charge is 0.118 e. The zero-order chi connectivity index (χ0) is 13.4. The van der Waals surface area contributed by atoms with Gasteiger partial charge in [0, 0.05) is 6.54 Å². The molecule has 0 saturated carbocycles. The number of benzene rings is 1. The third-order valence-electron chi connectivity index (χ3n) is 3.21. The summed E-state index contributed by atoms with van der Waals surface area (Å²) in [4.78, 5) is 2.29. The summed E-state index contributed by atoms with van der Waals surface area (Å²) in [6.07, 6.45) is 1.95. The maximum Gasteiger partial charge on any atom is 0.118 e. The topological polar surface area (TPSA) is 32.7 Å². The van der Waals surface area contributed by atoms with Crippen LogP contribution < -0.4 is 4.74 Å². The van der Waals surface area contributed by atoms with Gasteiger partial charge in [-0.3, -0.25) is 0 Å². The number of aliphatic hydroxyl groups is 1. The number of ether oxygens (including phenoxy) is 1. The number of hydrogen-bond donors (Lipinski definition) is 1. The third kappa shape index (κ3) is 4.67. The van der Waals surface area contributed by atoms with Gasteiger partial charge in [-0.15, -0.1) is 0 Å². The number of nitrogens with zero attached hydrogens (tertiary/aromatic N) is 1. The number of methoxy groups -OCH3 is 1. The van der Waals surface area contributed by atoms with E-state index in [1.54, 1.807) is 7.11 Å². The highest BCUT2D eigenvalue weighted by molar-refractivity contribution is 5.28. The fourth-order valence-electron chi connectivity index (χ4n) is 1.94. The maximum absolute atomic E-state index is 10.2. The molecule has 1 aromatic rings. The largest absolute Gasteiger partial charge is 0.497 e. The molecule has 18 heavy (non-hydrogen) atoms. The highest BCUT2D eigenvalue weighted by Crippen LogP contribution is 2.18. The van der Waals surface area contributed by atoms with Crippen LogP contribution in [0.25, 0.3) is 0 Å². The van der Waals surface area contributed by atoms with Gasteiger partial charge >= 0.3 is 0 Å². The Balaban J connectivity index is 2.53. The van der Waals surface area contributed by atoms with E-state index >= 15 is 0 Å². The maximum atomic E-state index is 10.2. The average molecular weight is 251 g/mol. The van der Waals surface area contributed by atoms with Gasteiger partial charge in [-0.1, -0.05) is 32.4 Å². The lowest BCUT2D eigenvalue weighted by atomic mass is 10.1. The molecule has 0 bridgehead atoms. The van der Waals surface area contributed by atoms with Gasteiger partial charge in [-0.25, -0.2) is 0 Å². The quantitative estimate of drug-likeness (QED) is 0.771. The molecule has 1 aromatic carbocycles. The average Bonchev–Trinajstić information content (AvgIpc) is 2.43. The molecule has 0 saturated heterocycles. The fraction of sp³-hybridized carbons (Fsp3) is 0.600. The molecular weight excluding hydrogens is 226 g/mol. The summed E-state index contributed by atoms with van der Waals surface area (Å²) >= 11 is 0. The monoisotopic (exact) mass is 251 g/mol. The van der Waals surface area contributed by atoms with Crippen LogP contribution in [0.5, 0.6) is 5.75 Å². The molecule has 0 aliphatic carbocycles. The van der Waals surface area contributed by atoms with Crippen LogP contribution in [-0.4, -0.2) is 36.8 Å². The molecule has 0 heterocycles. The van der Waals surface area contributed by atoms with Crippen molar-refractivity contribution < 1.29 is 9.84 Å². The lowest BCUT2D eigenvalue weighted by Gasteiger charge is -2.23. The summed E-state index contributed by atoms with van der Waals surface area (Å²) in [5.74, 6) is 0.823. The Morgan fingerprint density at radius 3 is 2.39 bits per heavy atom. The van der Waals surface area contributed by atoms with E-state index in [1.165, 1.54) is 12.8 Å². The molecule has 0 amide bonds. The van der Waals surface area contributed by atoms with Gasteiger partial charge in [0.1, 0.15) is 5.75 Å². The minimum atomic E-state index is -0.423. The Morgan fingerprint density at radius 2 is 1.89 bits per heavy atom. The molecular formula is C15H25NO2. The molecule has 3 nitrogen and oxygen atoms in total. The first-order valence-corrected chi connectivity index (χ1v) is 6.75. The molecule has 0 radical (unpaired) electrons. The molecule has 1 atom stereocenters. The number of aliphatic hydroxyl groups excluding tert-OH is 1. The van der Waals surface area contributed by atoms with E-state index in [2.05, 4.69) is 18.7 Å². The Labute approximate surface area is 110 Å². The van der Waals surface area contributed by atoms with Crippen molar-refractivity contribution in [1.82, 2.24) is 4.90 Å². The minimum Gasteiger partial charge on any atom is -0.497 e. The Morgan fingerprint density at radius 1 is 1.22 bits per heavy atom. The summed E-state index contributed by atoms with van der Waals surface area (Å²) < 4.78 is 5.11. The molecule has 102 valence electrons. The van der Waals surface area contributed by atoms with Crippen molar-refractivity contribution in [3.63, 3.8) is 0 Å². The van der Waals surface area contributed by atoms with Gasteiger partial charge in [-0.2, -0.15) is 0 Å². The second kappa shape index (κ2) is 8.11.